The van der Waals surface area contributed by atoms with Crippen LogP contribution in [0.5, 0.6) is 0 Å². The van der Waals surface area contributed by atoms with Gasteiger partial charge in [-0.15, -0.1) is 0 Å². The van der Waals surface area contributed by atoms with Crippen molar-refractivity contribution in [2.24, 2.45) is 0 Å². The molecule has 0 unspecified atom stereocenters. The Balaban J connectivity index is 2.99. The van der Waals surface area contributed by atoms with Crippen LogP contribution in [-0.4, -0.2) is 13.7 Å². The predicted molar refractivity (Wildman–Crippen MR) is 56.6 cm³/mol. The van der Waals surface area contributed by atoms with E-state index in [0.717, 1.165) is 13.0 Å². The molecule has 1 nitrogen and oxygen atoms in total. The molecule has 13 heavy (non-hydrogen) atoms. The molecule has 0 fully saturated rings. The van der Waals surface area contributed by atoms with E-state index in [2.05, 4.69) is 27.7 Å². The Morgan fingerprint density at radius 2 is 1.77 bits per heavy atom. The number of methoxy groups -OCH3 is 1. The molecule has 0 heterocycles. The van der Waals surface area contributed by atoms with Gasteiger partial charge < -0.3 is 4.74 Å². The molecule has 0 atom stereocenters. The van der Waals surface area contributed by atoms with Gasteiger partial charge in [0.15, 0.2) is 0 Å². The lowest BCUT2D eigenvalue weighted by Gasteiger charge is -2.11. The summed E-state index contributed by atoms with van der Waals surface area (Å²) < 4.78 is 5.10. The van der Waals surface area contributed by atoms with E-state index in [0.29, 0.717) is 0 Å². The van der Waals surface area contributed by atoms with Crippen LogP contribution >= 0.6 is 0 Å². The smallest absolute Gasteiger partial charge is 0.0388 e. The molecular formula is C12H19O-. The topological polar surface area (TPSA) is 9.23 Å². The van der Waals surface area contributed by atoms with Gasteiger partial charge in [0.1, 0.15) is 0 Å². The summed E-state index contributed by atoms with van der Waals surface area (Å²) in [5.41, 5.74) is 7.28. The van der Waals surface area contributed by atoms with Crippen molar-refractivity contribution in [2.45, 2.75) is 34.1 Å². The summed E-state index contributed by atoms with van der Waals surface area (Å²) in [4.78, 5) is 0. The summed E-state index contributed by atoms with van der Waals surface area (Å²) in [6, 6.07) is 0. The first-order valence-electron chi connectivity index (χ1n) is 4.80. The lowest BCUT2D eigenvalue weighted by molar-refractivity contribution is 0.202. The first-order valence-corrected chi connectivity index (χ1v) is 4.80. The Bertz CT molecular complexity index is 269. The molecule has 0 aromatic heterocycles. The van der Waals surface area contributed by atoms with Crippen molar-refractivity contribution in [2.75, 3.05) is 13.7 Å². The van der Waals surface area contributed by atoms with Crippen LogP contribution in [0.15, 0.2) is 0 Å². The van der Waals surface area contributed by atoms with Gasteiger partial charge in [0.25, 0.3) is 0 Å². The highest BCUT2D eigenvalue weighted by atomic mass is 16.5. The Kier molecular flexibility index (Phi) is 3.21. The Morgan fingerprint density at radius 3 is 2.15 bits per heavy atom. The molecule has 0 aliphatic carbocycles. The van der Waals surface area contributed by atoms with E-state index in [-0.39, 0.29) is 0 Å². The van der Waals surface area contributed by atoms with Crippen LogP contribution in [0.4, 0.5) is 0 Å². The average Bonchev–Trinajstić information content (AvgIpc) is 2.30. The Hall–Kier alpha value is -0.690. The van der Waals surface area contributed by atoms with Crippen LogP contribution in [0.1, 0.15) is 27.8 Å². The van der Waals surface area contributed by atoms with Gasteiger partial charge in [0.2, 0.25) is 0 Å². The summed E-state index contributed by atoms with van der Waals surface area (Å²) in [5.74, 6) is 0. The molecule has 0 saturated heterocycles. The highest BCUT2D eigenvalue weighted by molar-refractivity contribution is 5.49. The molecule has 0 aliphatic rings. The maximum Gasteiger partial charge on any atom is 0.0388 e. The van der Waals surface area contributed by atoms with Crippen molar-refractivity contribution in [3.63, 3.8) is 0 Å². The zero-order valence-electron chi connectivity index (χ0n) is 9.32. The standard InChI is InChI=1S/C12H19O/c1-8-9(2)11(4)12(10(8)3)6-7-13-5/h6-7H2,1-5H3/q-1. The first kappa shape index (κ1) is 10.4. The summed E-state index contributed by atoms with van der Waals surface area (Å²) in [7, 11) is 1.76. The minimum absolute atomic E-state index is 0.824. The minimum Gasteiger partial charge on any atom is -0.385 e. The number of hydrogen-bond acceptors (Lipinski definition) is 1. The molecule has 0 N–H and O–H groups in total. The normalized spacial score (nSPS) is 10.8. The molecular weight excluding hydrogens is 160 g/mol. The molecule has 0 amide bonds. The number of rotatable bonds is 3. The molecule has 0 bridgehead atoms. The van der Waals surface area contributed by atoms with Crippen molar-refractivity contribution >= 4 is 0 Å². The van der Waals surface area contributed by atoms with Crippen LogP contribution in [0, 0.1) is 27.7 Å². The number of ether oxygens (including phenoxy) is 1. The van der Waals surface area contributed by atoms with Gasteiger partial charge in [0, 0.05) is 13.7 Å². The van der Waals surface area contributed by atoms with E-state index in [1.807, 2.05) is 0 Å². The van der Waals surface area contributed by atoms with Crippen molar-refractivity contribution in [1.29, 1.82) is 0 Å². The molecule has 0 saturated carbocycles. The summed E-state index contributed by atoms with van der Waals surface area (Å²) >= 11 is 0. The Labute approximate surface area is 81.1 Å². The Morgan fingerprint density at radius 1 is 1.15 bits per heavy atom. The van der Waals surface area contributed by atoms with Gasteiger partial charge in [-0.25, -0.2) is 0 Å². The van der Waals surface area contributed by atoms with Gasteiger partial charge in [0.05, 0.1) is 0 Å². The highest BCUT2D eigenvalue weighted by Crippen LogP contribution is 2.26. The van der Waals surface area contributed by atoms with Crippen molar-refractivity contribution in [1.82, 2.24) is 0 Å². The highest BCUT2D eigenvalue weighted by Gasteiger charge is 2.01. The molecule has 1 aromatic carbocycles. The maximum atomic E-state index is 5.10. The zero-order chi connectivity index (χ0) is 10.0. The van der Waals surface area contributed by atoms with Crippen molar-refractivity contribution in [3.8, 4) is 0 Å². The fourth-order valence-electron chi connectivity index (χ4n) is 1.88. The van der Waals surface area contributed by atoms with Gasteiger partial charge in [-0.1, -0.05) is 34.1 Å². The lowest BCUT2D eigenvalue weighted by atomic mass is 10.1. The molecule has 1 aromatic rings. The van der Waals surface area contributed by atoms with Gasteiger partial charge in [-0.05, 0) is 0 Å². The monoisotopic (exact) mass is 179 g/mol. The molecule has 74 valence electrons. The quantitative estimate of drug-likeness (QED) is 0.648. The lowest BCUT2D eigenvalue weighted by Crippen LogP contribution is -1.96. The summed E-state index contributed by atoms with van der Waals surface area (Å²) in [5, 5.41) is 0. The van der Waals surface area contributed by atoms with E-state index in [9.17, 15) is 0 Å². The third-order valence-corrected chi connectivity index (χ3v) is 3.15. The van der Waals surface area contributed by atoms with Crippen molar-refractivity contribution < 1.29 is 4.74 Å². The van der Waals surface area contributed by atoms with Crippen LogP contribution in [-0.2, 0) is 11.2 Å². The van der Waals surface area contributed by atoms with Crippen LogP contribution in [0.25, 0.3) is 0 Å². The van der Waals surface area contributed by atoms with E-state index in [1.54, 1.807) is 7.11 Å². The van der Waals surface area contributed by atoms with Crippen LogP contribution in [0.3, 0.4) is 0 Å². The SMILES string of the molecule is COCCc1c(C)c(C)[c-](C)c1C. The van der Waals surface area contributed by atoms with Gasteiger partial charge in [-0.2, -0.15) is 27.8 Å². The van der Waals surface area contributed by atoms with Crippen LogP contribution < -0.4 is 0 Å². The van der Waals surface area contributed by atoms with E-state index >= 15 is 0 Å². The second-order valence-corrected chi connectivity index (χ2v) is 3.72. The second kappa shape index (κ2) is 4.01. The zero-order valence-corrected chi connectivity index (χ0v) is 9.32. The van der Waals surface area contributed by atoms with E-state index in [1.165, 1.54) is 27.8 Å². The summed E-state index contributed by atoms with van der Waals surface area (Å²) in [6.07, 6.45) is 1.04. The molecule has 1 heteroatoms. The third-order valence-electron chi connectivity index (χ3n) is 3.15. The van der Waals surface area contributed by atoms with Crippen LogP contribution in [0.2, 0.25) is 0 Å². The van der Waals surface area contributed by atoms with Gasteiger partial charge in [-0.3, -0.25) is 0 Å². The fraction of sp³-hybridized carbons (Fsp3) is 0.583. The molecule has 0 radical (unpaired) electrons. The predicted octanol–water partition coefficient (Wildman–Crippen LogP) is 2.83. The van der Waals surface area contributed by atoms with Gasteiger partial charge >= 0.3 is 0 Å². The molecule has 0 spiro atoms. The average molecular weight is 179 g/mol. The molecule has 0 aliphatic heterocycles. The fourth-order valence-corrected chi connectivity index (χ4v) is 1.88. The van der Waals surface area contributed by atoms with Crippen molar-refractivity contribution in [3.05, 3.63) is 27.8 Å². The third kappa shape index (κ3) is 1.80. The van der Waals surface area contributed by atoms with E-state index < -0.39 is 0 Å². The first-order chi connectivity index (χ1) is 6.09. The number of hydrogen-bond donors (Lipinski definition) is 0. The van der Waals surface area contributed by atoms with E-state index in [4.69, 9.17) is 4.74 Å². The maximum absolute atomic E-state index is 5.10. The second-order valence-electron chi connectivity index (χ2n) is 3.72. The largest absolute Gasteiger partial charge is 0.385 e. The molecule has 1 rings (SSSR count). The summed E-state index contributed by atoms with van der Waals surface area (Å²) in [6.45, 7) is 9.65. The minimum atomic E-state index is 0.824.